The molecule has 1 aliphatic carbocycles. The Kier molecular flexibility index (Phi) is 4.47. The third-order valence-corrected chi connectivity index (χ3v) is 3.96. The van der Waals surface area contributed by atoms with Crippen LogP contribution in [0.1, 0.15) is 44.8 Å². The molecule has 2 atom stereocenters. The molecule has 3 heteroatoms. The van der Waals surface area contributed by atoms with Gasteiger partial charge >= 0.3 is 0 Å². The zero-order chi connectivity index (χ0) is 11.4. The minimum absolute atomic E-state index is 0.659. The number of hydrogen-bond acceptors (Lipinski definition) is 2. The van der Waals surface area contributed by atoms with Crippen molar-refractivity contribution in [1.82, 2.24) is 5.32 Å². The number of rotatable bonds is 3. The molecule has 1 aromatic heterocycles. The van der Waals surface area contributed by atoms with Crippen LogP contribution in [0.25, 0.3) is 0 Å². The van der Waals surface area contributed by atoms with Crippen molar-refractivity contribution >= 4 is 15.9 Å². The van der Waals surface area contributed by atoms with E-state index in [1.807, 2.05) is 12.1 Å². The first-order chi connectivity index (χ1) is 7.75. The van der Waals surface area contributed by atoms with Crippen LogP contribution in [0.2, 0.25) is 0 Å². The second-order valence-corrected chi connectivity index (χ2v) is 5.59. The summed E-state index contributed by atoms with van der Waals surface area (Å²) in [6, 6.07) is 4.64. The van der Waals surface area contributed by atoms with Crippen LogP contribution in [0.3, 0.4) is 0 Å². The maximum atomic E-state index is 5.50. The molecular formula is C13H20BrNO. The Morgan fingerprint density at radius 3 is 2.88 bits per heavy atom. The first-order valence-corrected chi connectivity index (χ1v) is 7.02. The highest BCUT2D eigenvalue weighted by Crippen LogP contribution is 2.23. The number of hydrogen-bond donors (Lipinski definition) is 1. The van der Waals surface area contributed by atoms with E-state index < -0.39 is 0 Å². The van der Waals surface area contributed by atoms with Crippen molar-refractivity contribution in [2.45, 2.75) is 51.6 Å². The molecule has 0 spiro atoms. The topological polar surface area (TPSA) is 25.2 Å². The molecule has 2 unspecified atom stereocenters. The van der Waals surface area contributed by atoms with E-state index in [0.717, 1.165) is 22.9 Å². The summed E-state index contributed by atoms with van der Waals surface area (Å²) >= 11 is 3.33. The van der Waals surface area contributed by atoms with Crippen molar-refractivity contribution in [3.63, 3.8) is 0 Å². The zero-order valence-corrected chi connectivity index (χ0v) is 11.4. The molecule has 0 radical (unpaired) electrons. The normalized spacial score (nSPS) is 26.6. The Labute approximate surface area is 106 Å². The predicted octanol–water partition coefficient (Wildman–Crippen LogP) is 4.10. The zero-order valence-electron chi connectivity index (χ0n) is 9.84. The van der Waals surface area contributed by atoms with E-state index in [4.69, 9.17) is 4.42 Å². The van der Waals surface area contributed by atoms with Crippen molar-refractivity contribution in [1.29, 1.82) is 0 Å². The highest BCUT2D eigenvalue weighted by molar-refractivity contribution is 9.10. The maximum Gasteiger partial charge on any atom is 0.169 e. The summed E-state index contributed by atoms with van der Waals surface area (Å²) in [4.78, 5) is 0. The van der Waals surface area contributed by atoms with Crippen molar-refractivity contribution in [2.75, 3.05) is 0 Å². The van der Waals surface area contributed by atoms with Crippen LogP contribution in [0.4, 0.5) is 0 Å². The van der Waals surface area contributed by atoms with Gasteiger partial charge in [0, 0.05) is 6.04 Å². The maximum absolute atomic E-state index is 5.50. The second kappa shape index (κ2) is 5.87. The van der Waals surface area contributed by atoms with Crippen LogP contribution in [-0.2, 0) is 6.54 Å². The van der Waals surface area contributed by atoms with Gasteiger partial charge in [0.15, 0.2) is 4.67 Å². The molecule has 16 heavy (non-hydrogen) atoms. The quantitative estimate of drug-likeness (QED) is 0.846. The molecule has 1 heterocycles. The fourth-order valence-electron chi connectivity index (χ4n) is 2.47. The lowest BCUT2D eigenvalue weighted by atomic mass is 9.97. The molecule has 1 N–H and O–H groups in total. The van der Waals surface area contributed by atoms with Gasteiger partial charge in [0.1, 0.15) is 5.76 Å². The molecule has 2 rings (SSSR count). The Balaban J connectivity index is 1.83. The minimum atomic E-state index is 0.659. The van der Waals surface area contributed by atoms with Gasteiger partial charge in [-0.05, 0) is 46.8 Å². The van der Waals surface area contributed by atoms with E-state index in [1.54, 1.807) is 0 Å². The average molecular weight is 286 g/mol. The SMILES string of the molecule is CC1CCCCCC1NCc1ccc(Br)o1. The lowest BCUT2D eigenvalue weighted by Gasteiger charge is -2.22. The molecule has 0 aromatic carbocycles. The van der Waals surface area contributed by atoms with Gasteiger partial charge < -0.3 is 9.73 Å². The molecule has 0 aliphatic heterocycles. The summed E-state index contributed by atoms with van der Waals surface area (Å²) in [5.74, 6) is 1.81. The number of halogens is 1. The minimum Gasteiger partial charge on any atom is -0.453 e. The monoisotopic (exact) mass is 285 g/mol. The standard InChI is InChI=1S/C13H20BrNO/c1-10-5-3-2-4-6-12(10)15-9-11-7-8-13(14)16-11/h7-8,10,12,15H,2-6,9H2,1H3. The first-order valence-electron chi connectivity index (χ1n) is 6.23. The van der Waals surface area contributed by atoms with Crippen molar-refractivity contribution in [3.05, 3.63) is 22.6 Å². The largest absolute Gasteiger partial charge is 0.453 e. The molecule has 90 valence electrons. The molecule has 0 bridgehead atoms. The highest BCUT2D eigenvalue weighted by atomic mass is 79.9. The Bertz CT molecular complexity index is 323. The fourth-order valence-corrected chi connectivity index (χ4v) is 2.81. The highest BCUT2D eigenvalue weighted by Gasteiger charge is 2.19. The van der Waals surface area contributed by atoms with Crippen molar-refractivity contribution < 1.29 is 4.42 Å². The van der Waals surface area contributed by atoms with Crippen LogP contribution in [0.15, 0.2) is 21.2 Å². The van der Waals surface area contributed by atoms with Gasteiger partial charge in [0.2, 0.25) is 0 Å². The molecule has 1 aliphatic rings. The van der Waals surface area contributed by atoms with E-state index in [0.29, 0.717) is 6.04 Å². The molecule has 1 fully saturated rings. The van der Waals surface area contributed by atoms with Gasteiger partial charge in [-0.2, -0.15) is 0 Å². The van der Waals surface area contributed by atoms with Crippen LogP contribution >= 0.6 is 15.9 Å². The number of nitrogens with one attached hydrogen (secondary N) is 1. The van der Waals surface area contributed by atoms with Crippen LogP contribution in [0, 0.1) is 5.92 Å². The van der Waals surface area contributed by atoms with Gasteiger partial charge in [-0.1, -0.05) is 26.2 Å². The molecule has 0 amide bonds. The van der Waals surface area contributed by atoms with E-state index in [9.17, 15) is 0 Å². The molecule has 0 saturated heterocycles. The molecule has 1 saturated carbocycles. The average Bonchev–Trinajstić information content (AvgIpc) is 2.56. The van der Waals surface area contributed by atoms with E-state index in [2.05, 4.69) is 28.2 Å². The summed E-state index contributed by atoms with van der Waals surface area (Å²) in [5.41, 5.74) is 0. The van der Waals surface area contributed by atoms with Gasteiger partial charge in [0.05, 0.1) is 6.54 Å². The molecular weight excluding hydrogens is 266 g/mol. The van der Waals surface area contributed by atoms with Crippen molar-refractivity contribution in [3.8, 4) is 0 Å². The Morgan fingerprint density at radius 2 is 2.12 bits per heavy atom. The van der Waals surface area contributed by atoms with Gasteiger partial charge in [-0.3, -0.25) is 0 Å². The Morgan fingerprint density at radius 1 is 1.31 bits per heavy atom. The third kappa shape index (κ3) is 3.36. The number of furan rings is 1. The third-order valence-electron chi connectivity index (χ3n) is 3.53. The van der Waals surface area contributed by atoms with Gasteiger partial charge in [-0.25, -0.2) is 0 Å². The van der Waals surface area contributed by atoms with Gasteiger partial charge in [0.25, 0.3) is 0 Å². The van der Waals surface area contributed by atoms with E-state index >= 15 is 0 Å². The van der Waals surface area contributed by atoms with E-state index in [1.165, 1.54) is 32.1 Å². The summed E-state index contributed by atoms with van der Waals surface area (Å²) in [7, 11) is 0. The summed E-state index contributed by atoms with van der Waals surface area (Å²) < 4.78 is 6.31. The second-order valence-electron chi connectivity index (χ2n) is 4.81. The lowest BCUT2D eigenvalue weighted by Crippen LogP contribution is -2.33. The first kappa shape index (κ1) is 12.2. The van der Waals surface area contributed by atoms with Crippen molar-refractivity contribution in [2.24, 2.45) is 5.92 Å². The lowest BCUT2D eigenvalue weighted by molar-refractivity contribution is 0.339. The van der Waals surface area contributed by atoms with Crippen LogP contribution < -0.4 is 5.32 Å². The Hall–Kier alpha value is -0.280. The molecule has 1 aromatic rings. The summed E-state index contributed by atoms with van der Waals surface area (Å²) in [6.07, 6.45) is 6.83. The van der Waals surface area contributed by atoms with Crippen LogP contribution in [-0.4, -0.2) is 6.04 Å². The summed E-state index contributed by atoms with van der Waals surface area (Å²) in [5, 5.41) is 3.63. The molecule has 2 nitrogen and oxygen atoms in total. The smallest absolute Gasteiger partial charge is 0.169 e. The fraction of sp³-hybridized carbons (Fsp3) is 0.692. The summed E-state index contributed by atoms with van der Waals surface area (Å²) in [6.45, 7) is 3.21. The van der Waals surface area contributed by atoms with Crippen LogP contribution in [0.5, 0.6) is 0 Å². The van der Waals surface area contributed by atoms with E-state index in [-0.39, 0.29) is 0 Å². The predicted molar refractivity (Wildman–Crippen MR) is 69.3 cm³/mol. The van der Waals surface area contributed by atoms with Gasteiger partial charge in [-0.15, -0.1) is 0 Å².